The van der Waals surface area contributed by atoms with Gasteiger partial charge in [0.1, 0.15) is 10.1 Å². The van der Waals surface area contributed by atoms with Crippen molar-refractivity contribution in [3.63, 3.8) is 0 Å². The van der Waals surface area contributed by atoms with Gasteiger partial charge in [0.15, 0.2) is 0 Å². The van der Waals surface area contributed by atoms with Gasteiger partial charge in [-0.05, 0) is 76.3 Å². The van der Waals surface area contributed by atoms with Gasteiger partial charge in [-0.25, -0.2) is 18.0 Å². The Labute approximate surface area is 291 Å². The number of ether oxygens (including phenoxy) is 2. The summed E-state index contributed by atoms with van der Waals surface area (Å²) in [7, 11) is -5.01. The summed E-state index contributed by atoms with van der Waals surface area (Å²) >= 11 is 0. The number of hydrogen-bond acceptors (Lipinski definition) is 7. The third-order valence-electron chi connectivity index (χ3n) is 6.50. The van der Waals surface area contributed by atoms with Crippen LogP contribution in [-0.4, -0.2) is 38.1 Å². The van der Waals surface area contributed by atoms with E-state index in [1.54, 1.807) is 0 Å². The second kappa shape index (κ2) is 25.7. The fourth-order valence-electron chi connectivity index (χ4n) is 4.18. The molecule has 0 aliphatic heterocycles. The van der Waals surface area contributed by atoms with Crippen LogP contribution < -0.4 is 51.4 Å². The van der Waals surface area contributed by atoms with Crippen molar-refractivity contribution in [1.29, 1.82) is 0 Å². The van der Waals surface area contributed by atoms with Gasteiger partial charge in [0.05, 0.1) is 29.2 Å². The van der Waals surface area contributed by atoms with Crippen molar-refractivity contribution in [2.75, 3.05) is 13.2 Å². The molecule has 41 heavy (non-hydrogen) atoms. The maximum absolute atomic E-state index is 12.8. The molecule has 1 aromatic carbocycles. The van der Waals surface area contributed by atoms with Gasteiger partial charge in [-0.15, -0.1) is 0 Å². The summed E-state index contributed by atoms with van der Waals surface area (Å²) in [6, 6.07) is 3.54. The zero-order valence-electron chi connectivity index (χ0n) is 25.5. The molecule has 0 unspecified atom stereocenters. The van der Waals surface area contributed by atoms with E-state index in [1.165, 1.54) is 63.5 Å². The van der Waals surface area contributed by atoms with Crippen LogP contribution >= 0.6 is 0 Å². The van der Waals surface area contributed by atoms with Crippen molar-refractivity contribution in [1.82, 2.24) is 0 Å². The number of esters is 2. The Hall–Kier alpha value is -0.814. The number of benzene rings is 1. The molecule has 0 atom stereocenters. The van der Waals surface area contributed by atoms with Crippen LogP contribution in [-0.2, 0) is 19.6 Å². The number of allylic oxidation sites excluding steroid dienone is 4. The summed E-state index contributed by atoms with van der Waals surface area (Å²) in [4.78, 5) is 24.7. The molecule has 226 valence electrons. The summed E-state index contributed by atoms with van der Waals surface area (Å²) in [5.74, 6) is -1.87. The van der Waals surface area contributed by atoms with Gasteiger partial charge in [-0.1, -0.05) is 82.7 Å². The molecule has 0 fully saturated rings. The minimum atomic E-state index is -5.01. The van der Waals surface area contributed by atoms with Gasteiger partial charge in [0.2, 0.25) is 0 Å². The number of unbranched alkanes of at least 4 members (excludes halogenated alkanes) is 12. The number of rotatable bonds is 23. The van der Waals surface area contributed by atoms with E-state index in [4.69, 9.17) is 9.47 Å². The quantitative estimate of drug-likeness (QED) is 0.0539. The molecular weight excluding hydrogens is 568 g/mol. The Morgan fingerprint density at radius 2 is 1.12 bits per heavy atom. The first kappa shape index (κ1) is 40.2. The maximum atomic E-state index is 12.8. The first-order chi connectivity index (χ1) is 19.3. The molecule has 1 aromatic rings. The van der Waals surface area contributed by atoms with E-state index in [0.717, 1.165) is 44.6 Å². The molecule has 0 saturated carbocycles. The molecule has 0 amide bonds. The Kier molecular flexibility index (Phi) is 25.2. The predicted molar refractivity (Wildman–Crippen MR) is 158 cm³/mol. The molecule has 0 radical (unpaired) electrons. The van der Waals surface area contributed by atoms with Crippen LogP contribution in [0.25, 0.3) is 0 Å². The van der Waals surface area contributed by atoms with Crippen molar-refractivity contribution >= 4 is 22.1 Å². The topological polar surface area (TPSA) is 110 Å². The Bertz CT molecular complexity index is 1020. The Morgan fingerprint density at radius 3 is 1.56 bits per heavy atom. The van der Waals surface area contributed by atoms with Crippen LogP contribution in [0, 0.1) is 0 Å². The van der Waals surface area contributed by atoms with Crippen LogP contribution in [0.5, 0.6) is 0 Å². The van der Waals surface area contributed by atoms with Crippen LogP contribution in [0.4, 0.5) is 0 Å². The third kappa shape index (κ3) is 19.2. The SMILES string of the molecule is CCCCCC/C=C/CCCCOC(=O)c1cccc(S(=O)(=O)[O-])c1C(=O)OCCCC/C=C/CCCCCC.[K+]. The largest absolute Gasteiger partial charge is 1.00 e. The monoisotopic (exact) mass is 616 g/mol. The van der Waals surface area contributed by atoms with E-state index >= 15 is 0 Å². The minimum Gasteiger partial charge on any atom is -0.744 e. The standard InChI is InChI=1S/C32H50O7S.K/c1-3-5-7-9-11-13-15-17-19-21-26-38-31(33)28-24-23-25-29(40(35,36)37)30(28)32(34)39-27-22-20-18-16-14-12-10-8-6-4-2;/h13-16,23-25H,3-12,17-22,26-27H2,1-2H3,(H,35,36,37);/q;+1/p-1/b15-13+,16-14+;. The second-order valence-corrected chi connectivity index (χ2v) is 11.4. The van der Waals surface area contributed by atoms with Crippen molar-refractivity contribution in [2.45, 2.75) is 121 Å². The third-order valence-corrected chi connectivity index (χ3v) is 7.38. The first-order valence-electron chi connectivity index (χ1n) is 15.1. The van der Waals surface area contributed by atoms with Crippen molar-refractivity contribution < 1.29 is 83.4 Å². The zero-order valence-corrected chi connectivity index (χ0v) is 29.5. The summed E-state index contributed by atoms with van der Waals surface area (Å²) in [5, 5.41) is 0. The summed E-state index contributed by atoms with van der Waals surface area (Å²) < 4.78 is 46.0. The van der Waals surface area contributed by atoms with E-state index in [9.17, 15) is 22.6 Å². The van der Waals surface area contributed by atoms with E-state index < -0.39 is 32.5 Å². The van der Waals surface area contributed by atoms with E-state index in [1.807, 2.05) is 0 Å². The van der Waals surface area contributed by atoms with Gasteiger partial charge >= 0.3 is 63.3 Å². The van der Waals surface area contributed by atoms with Gasteiger partial charge in [0.25, 0.3) is 0 Å². The van der Waals surface area contributed by atoms with Crippen LogP contribution in [0.2, 0.25) is 0 Å². The fourth-order valence-corrected chi connectivity index (χ4v) is 4.87. The number of carbonyl (C=O) groups is 2. The number of carbonyl (C=O) groups excluding carboxylic acids is 2. The van der Waals surface area contributed by atoms with Crippen LogP contribution in [0.1, 0.15) is 137 Å². The van der Waals surface area contributed by atoms with Gasteiger partial charge < -0.3 is 14.0 Å². The summed E-state index contributed by atoms with van der Waals surface area (Å²) in [6.45, 7) is 4.55. The normalized spacial score (nSPS) is 11.6. The molecule has 0 aliphatic rings. The Morgan fingerprint density at radius 1 is 0.683 bits per heavy atom. The first-order valence-corrected chi connectivity index (χ1v) is 16.5. The maximum Gasteiger partial charge on any atom is 1.00 e. The molecule has 0 saturated heterocycles. The van der Waals surface area contributed by atoms with Gasteiger partial charge in [-0.2, -0.15) is 0 Å². The molecule has 7 nitrogen and oxygen atoms in total. The van der Waals surface area contributed by atoms with E-state index in [-0.39, 0.29) is 70.2 Å². The van der Waals surface area contributed by atoms with Gasteiger partial charge in [-0.3, -0.25) is 0 Å². The number of hydrogen-bond donors (Lipinski definition) is 0. The molecule has 0 aliphatic carbocycles. The average Bonchev–Trinajstić information content (AvgIpc) is 2.93. The van der Waals surface area contributed by atoms with Gasteiger partial charge in [0, 0.05) is 0 Å². The van der Waals surface area contributed by atoms with Crippen LogP contribution in [0.3, 0.4) is 0 Å². The molecule has 0 bridgehead atoms. The smallest absolute Gasteiger partial charge is 0.744 e. The summed E-state index contributed by atoms with van der Waals surface area (Å²) in [6.07, 6.45) is 25.1. The summed E-state index contributed by atoms with van der Waals surface area (Å²) in [5.41, 5.74) is -0.833. The molecule has 1 rings (SSSR count). The second-order valence-electron chi connectivity index (χ2n) is 10.0. The molecule has 0 N–H and O–H groups in total. The zero-order chi connectivity index (χ0) is 29.5. The van der Waals surface area contributed by atoms with Crippen LogP contribution in [0.15, 0.2) is 47.4 Å². The average molecular weight is 617 g/mol. The molecule has 9 heteroatoms. The van der Waals surface area contributed by atoms with Crippen molar-refractivity contribution in [2.24, 2.45) is 0 Å². The molecular formula is C32H49KO7S. The van der Waals surface area contributed by atoms with E-state index in [0.29, 0.717) is 12.8 Å². The predicted octanol–water partition coefficient (Wildman–Crippen LogP) is 5.30. The minimum absolute atomic E-state index is 0. The molecule has 0 spiro atoms. The fraction of sp³-hybridized carbons (Fsp3) is 0.625. The molecule has 0 heterocycles. The van der Waals surface area contributed by atoms with E-state index in [2.05, 4.69) is 38.2 Å². The van der Waals surface area contributed by atoms with Crippen molar-refractivity contribution in [3.05, 3.63) is 53.6 Å². The van der Waals surface area contributed by atoms with Crippen molar-refractivity contribution in [3.8, 4) is 0 Å². The molecule has 0 aromatic heterocycles. The Balaban J connectivity index is 0.0000160.